The summed E-state index contributed by atoms with van der Waals surface area (Å²) in [5, 5.41) is 115. The fourth-order valence-electron chi connectivity index (χ4n) is 6.05. The zero-order valence-electron chi connectivity index (χ0n) is 33.4. The third-order valence-corrected chi connectivity index (χ3v) is 10.0. The molecule has 21 nitrogen and oxygen atoms in total. The summed E-state index contributed by atoms with van der Waals surface area (Å²) in [5.74, 6) is -1.59. The molecule has 1 heterocycles. The van der Waals surface area contributed by atoms with Crippen LogP contribution in [0, 0.1) is 5.41 Å². The summed E-state index contributed by atoms with van der Waals surface area (Å²) in [5.41, 5.74) is 15.0. The molecule has 0 aliphatic heterocycles. The van der Waals surface area contributed by atoms with Gasteiger partial charge in [-0.15, -0.1) is 0 Å². The number of nitrogen functional groups attached to an aromatic ring is 2. The number of carbonyl (C=O) groups is 2. The van der Waals surface area contributed by atoms with E-state index in [9.17, 15) is 50.4 Å². The molecule has 0 aliphatic rings. The van der Waals surface area contributed by atoms with Crippen LogP contribution in [0.5, 0.6) is 0 Å². The lowest BCUT2D eigenvalue weighted by Crippen LogP contribution is -2.54. The van der Waals surface area contributed by atoms with Crippen LogP contribution in [0.4, 0.5) is 11.6 Å². The molecule has 1 aromatic heterocycles. The molecule has 0 fully saturated rings. The van der Waals surface area contributed by atoms with E-state index in [-0.39, 0.29) is 53.9 Å². The highest BCUT2D eigenvalue weighted by molar-refractivity contribution is 6.31. The van der Waals surface area contributed by atoms with Gasteiger partial charge in [-0.2, -0.15) is 0 Å². The molecule has 8 unspecified atom stereocenters. The minimum absolute atomic E-state index is 0.0146. The predicted octanol–water partition coefficient (Wildman–Crippen LogP) is -3.54. The minimum atomic E-state index is -1.92. The number of guanidine groups is 1. The number of benzene rings is 2. The maximum atomic E-state index is 12.7. The Kier molecular flexibility index (Phi) is 21.1. The number of rotatable bonds is 25. The van der Waals surface area contributed by atoms with Crippen LogP contribution in [0.2, 0.25) is 5.15 Å². The number of amides is 2. The average molecular weight is 880 g/mol. The number of hydrogen-bond acceptors (Lipinski definition) is 18. The zero-order valence-corrected chi connectivity index (χ0v) is 34.1. The largest absolute Gasteiger partial charge is 0.394 e. The van der Waals surface area contributed by atoms with E-state index in [2.05, 4.69) is 25.9 Å². The Morgan fingerprint density at radius 2 is 1.16 bits per heavy atom. The molecule has 338 valence electrons. The molecule has 8 atom stereocenters. The van der Waals surface area contributed by atoms with Crippen molar-refractivity contribution in [2.75, 3.05) is 57.4 Å². The van der Waals surface area contributed by atoms with E-state index in [4.69, 9.17) is 38.7 Å². The number of hydrogen-bond donors (Lipinski definition) is 16. The maximum absolute atomic E-state index is 12.7. The van der Waals surface area contributed by atoms with E-state index in [1.807, 2.05) is 48.5 Å². The molecule has 0 aliphatic carbocycles. The van der Waals surface area contributed by atoms with Crippen LogP contribution in [0.15, 0.2) is 48.5 Å². The molecule has 0 radical (unpaired) electrons. The van der Waals surface area contributed by atoms with E-state index in [0.29, 0.717) is 13.0 Å². The Labute approximate surface area is 357 Å². The van der Waals surface area contributed by atoms with Crippen LogP contribution < -0.4 is 27.4 Å². The lowest BCUT2D eigenvalue weighted by atomic mass is 9.99. The normalized spacial score (nSPS) is 15.5. The van der Waals surface area contributed by atoms with Gasteiger partial charge in [0, 0.05) is 39.1 Å². The van der Waals surface area contributed by atoms with Gasteiger partial charge >= 0.3 is 0 Å². The van der Waals surface area contributed by atoms with Gasteiger partial charge in [-0.3, -0.25) is 25.2 Å². The van der Waals surface area contributed by atoms with Gasteiger partial charge < -0.3 is 73.2 Å². The number of anilines is 2. The first-order valence-electron chi connectivity index (χ1n) is 19.5. The van der Waals surface area contributed by atoms with Crippen LogP contribution in [0.1, 0.15) is 40.9 Å². The van der Waals surface area contributed by atoms with Crippen LogP contribution >= 0.6 is 11.6 Å². The number of aromatic nitrogens is 2. The molecule has 61 heavy (non-hydrogen) atoms. The summed E-state index contributed by atoms with van der Waals surface area (Å²) in [6, 6.07) is 15.9. The van der Waals surface area contributed by atoms with Crippen molar-refractivity contribution in [2.24, 2.45) is 0 Å². The number of aliphatic hydroxyl groups excluding tert-OH is 10. The summed E-state index contributed by atoms with van der Waals surface area (Å²) in [6.45, 7) is -2.30. The number of aryl methyl sites for hydroxylation is 2. The van der Waals surface area contributed by atoms with Crippen molar-refractivity contribution >= 4 is 41.0 Å². The van der Waals surface area contributed by atoms with Crippen molar-refractivity contribution in [1.29, 1.82) is 5.41 Å². The molecule has 0 bridgehead atoms. The van der Waals surface area contributed by atoms with Crippen molar-refractivity contribution in [1.82, 2.24) is 30.8 Å². The Balaban J connectivity index is 1.42. The molecule has 2 aromatic carbocycles. The van der Waals surface area contributed by atoms with E-state index < -0.39 is 81.0 Å². The lowest BCUT2D eigenvalue weighted by Gasteiger charge is -2.33. The molecule has 0 spiro atoms. The number of carbonyl (C=O) groups excluding carboxylic acids is 2. The van der Waals surface area contributed by atoms with Crippen molar-refractivity contribution in [3.63, 3.8) is 0 Å². The highest BCUT2D eigenvalue weighted by Gasteiger charge is 2.34. The molecule has 22 heteroatoms. The maximum Gasteiger partial charge on any atom is 0.280 e. The first kappa shape index (κ1) is 50.7. The number of nitrogens with zero attached hydrogens (tertiary/aromatic N) is 3. The van der Waals surface area contributed by atoms with E-state index in [1.54, 1.807) is 0 Å². The summed E-state index contributed by atoms with van der Waals surface area (Å²) < 4.78 is 0. The Morgan fingerprint density at radius 3 is 1.67 bits per heavy atom. The number of unbranched alkanes of at least 4 members (excludes halogenated alkanes) is 1. The van der Waals surface area contributed by atoms with E-state index in [0.717, 1.165) is 41.5 Å². The number of aliphatic hydroxyl groups is 10. The van der Waals surface area contributed by atoms with E-state index >= 15 is 0 Å². The highest BCUT2D eigenvalue weighted by atomic mass is 35.5. The summed E-state index contributed by atoms with van der Waals surface area (Å²) >= 11 is 5.81. The molecule has 3 rings (SSSR count). The van der Waals surface area contributed by atoms with Crippen LogP contribution in [0.25, 0.3) is 11.1 Å². The quantitative estimate of drug-likeness (QED) is 0.0223. The van der Waals surface area contributed by atoms with Gasteiger partial charge in [-0.05, 0) is 47.9 Å². The number of nitrogens with one attached hydrogen (secondary N) is 4. The fraction of sp³-hybridized carbons (Fsp3) is 0.513. The zero-order chi connectivity index (χ0) is 45.2. The second-order valence-electron chi connectivity index (χ2n) is 14.4. The first-order chi connectivity index (χ1) is 28.9. The van der Waals surface area contributed by atoms with Crippen LogP contribution in [0.3, 0.4) is 0 Å². The third kappa shape index (κ3) is 16.3. The monoisotopic (exact) mass is 879 g/mol. The van der Waals surface area contributed by atoms with Crippen molar-refractivity contribution in [2.45, 2.75) is 80.9 Å². The van der Waals surface area contributed by atoms with Crippen LogP contribution in [-0.2, 0) is 17.6 Å². The van der Waals surface area contributed by atoms with Gasteiger partial charge in [-0.25, -0.2) is 9.97 Å². The van der Waals surface area contributed by atoms with Crippen LogP contribution in [-0.4, -0.2) is 178 Å². The smallest absolute Gasteiger partial charge is 0.280 e. The topological polar surface area (TPSA) is 377 Å². The molecule has 0 saturated heterocycles. The predicted molar refractivity (Wildman–Crippen MR) is 224 cm³/mol. The van der Waals surface area contributed by atoms with Crippen molar-refractivity contribution in [3.05, 3.63) is 70.5 Å². The van der Waals surface area contributed by atoms with E-state index in [1.165, 1.54) is 4.90 Å². The average Bonchev–Trinajstić information content (AvgIpc) is 3.25. The number of halogens is 1. The molecular formula is C39H58ClN9O12. The van der Waals surface area contributed by atoms with Gasteiger partial charge in [-0.1, -0.05) is 60.1 Å². The van der Waals surface area contributed by atoms with Gasteiger partial charge in [0.15, 0.2) is 28.4 Å². The molecule has 18 N–H and O–H groups in total. The fourth-order valence-corrected chi connectivity index (χ4v) is 6.18. The molecule has 2 amide bonds. The molecule has 3 aromatic rings. The molecular weight excluding hydrogens is 822 g/mol. The minimum Gasteiger partial charge on any atom is -0.394 e. The lowest BCUT2D eigenvalue weighted by molar-refractivity contribution is -0.130. The summed E-state index contributed by atoms with van der Waals surface area (Å²) in [7, 11) is 0. The van der Waals surface area contributed by atoms with Crippen molar-refractivity contribution in [3.8, 4) is 11.1 Å². The van der Waals surface area contributed by atoms with Gasteiger partial charge in [0.2, 0.25) is 5.91 Å². The second kappa shape index (κ2) is 25.3. The Hall–Kier alpha value is -4.62. The van der Waals surface area contributed by atoms with Gasteiger partial charge in [0.25, 0.3) is 5.91 Å². The van der Waals surface area contributed by atoms with Gasteiger partial charge in [0.1, 0.15) is 36.6 Å². The Morgan fingerprint density at radius 1 is 0.672 bits per heavy atom. The Bertz CT molecular complexity index is 1800. The van der Waals surface area contributed by atoms with Gasteiger partial charge in [0.05, 0.1) is 25.4 Å². The first-order valence-corrected chi connectivity index (χ1v) is 19.9. The summed E-state index contributed by atoms with van der Waals surface area (Å²) in [4.78, 5) is 33.9. The second-order valence-corrected chi connectivity index (χ2v) is 14.8. The SMILES string of the molecule is N=C(NCCCCc1ccc(-c2ccc(CCC(=O)NCCN(CC(O)C(O)C(O)C(O)CO)CC(O)C(O)C(O)C(O)CO)cc2)cc1)NC(=O)c1nc(Cl)c(N)nc1N. The third-order valence-electron chi connectivity index (χ3n) is 9.73. The summed E-state index contributed by atoms with van der Waals surface area (Å²) in [6.07, 6.45) is -11.7. The highest BCUT2D eigenvalue weighted by Crippen LogP contribution is 2.22. The number of nitrogens with two attached hydrogens (primary N) is 2. The standard InChI is InChI=1S/C39H58ClN9O12/c40-35-37(42)47-36(41)30(46-35)38(61)48-39(43)45-14-2-1-3-21-4-9-23(10-5-21)24-11-6-22(7-12-24)8-13-29(56)44-15-16-49(17-25(52)31(57)33(59)27(54)19-50)18-26(53)32(58)34(60)28(55)20-51/h4-7,9-12,25-28,31-34,50-55,57-60H,1-3,8,13-20H2,(H,44,56)(H4,41,42,47)(H3,43,45,48,61). The molecule has 0 saturated carbocycles. The van der Waals surface area contributed by atoms with Crippen molar-refractivity contribution < 1.29 is 60.7 Å².